The molecule has 2 aliphatic heterocycles. The lowest BCUT2D eigenvalue weighted by atomic mass is 9.73. The summed E-state index contributed by atoms with van der Waals surface area (Å²) in [5, 5.41) is 5.29. The lowest BCUT2D eigenvalue weighted by molar-refractivity contribution is -0.137. The first-order chi connectivity index (χ1) is 15.1. The molecule has 0 radical (unpaired) electrons. The summed E-state index contributed by atoms with van der Waals surface area (Å²) >= 11 is 0. The Kier molecular flexibility index (Phi) is 5.81. The number of imide groups is 1. The van der Waals surface area contributed by atoms with Gasteiger partial charge in [0.05, 0.1) is 16.9 Å². The first kappa shape index (κ1) is 22.4. The van der Waals surface area contributed by atoms with Gasteiger partial charge in [-0.3, -0.25) is 14.5 Å². The topological polar surface area (TPSA) is 81.8 Å². The Balaban J connectivity index is 1.53. The van der Waals surface area contributed by atoms with Crippen LogP contribution in [0.4, 0.5) is 29.3 Å². The summed E-state index contributed by atoms with van der Waals surface area (Å²) in [5.41, 5.74) is -1.34. The fraction of sp³-hybridized carbons (Fsp3) is 0.591. The molecule has 0 bridgehead atoms. The maximum atomic E-state index is 13.3. The maximum absolute atomic E-state index is 13.3. The summed E-state index contributed by atoms with van der Waals surface area (Å²) in [5.74, 6) is -1.20. The standard InChI is InChI=1S/C22H27F3N4O3/c1-14-6-2-3-9-21(14)19(31)29(20(32)27-21)13-18(30)26-16-12-15(22(23,24)25)7-8-17(16)28-10-4-5-11-28/h7-8,12,14H,2-6,9-11,13H2,1H3,(H,26,30)(H,27,32)/t14-,21-/m0/s1. The zero-order valence-corrected chi connectivity index (χ0v) is 17.9. The van der Waals surface area contributed by atoms with Crippen molar-refractivity contribution in [1.82, 2.24) is 10.2 Å². The van der Waals surface area contributed by atoms with Crippen molar-refractivity contribution in [3.63, 3.8) is 0 Å². The third kappa shape index (κ3) is 4.02. The van der Waals surface area contributed by atoms with Crippen LogP contribution in [0, 0.1) is 5.92 Å². The van der Waals surface area contributed by atoms with E-state index in [9.17, 15) is 27.6 Å². The highest BCUT2D eigenvalue weighted by molar-refractivity contribution is 6.10. The van der Waals surface area contributed by atoms with Crippen LogP contribution in [0.15, 0.2) is 18.2 Å². The minimum atomic E-state index is -4.56. The molecule has 2 N–H and O–H groups in total. The van der Waals surface area contributed by atoms with E-state index in [2.05, 4.69) is 10.6 Å². The van der Waals surface area contributed by atoms with Crippen molar-refractivity contribution < 1.29 is 27.6 Å². The molecule has 3 fully saturated rings. The SMILES string of the molecule is C[C@H]1CCCC[C@]12NC(=O)N(CC(=O)Nc1cc(C(F)(F)F)ccc1N1CCCC1)C2=O. The third-order valence-corrected chi connectivity index (χ3v) is 6.85. The number of amides is 4. The highest BCUT2D eigenvalue weighted by Gasteiger charge is 2.55. The number of halogens is 3. The number of rotatable bonds is 4. The number of benzene rings is 1. The molecule has 0 unspecified atom stereocenters. The lowest BCUT2D eigenvalue weighted by Gasteiger charge is -2.36. The van der Waals surface area contributed by atoms with Crippen LogP contribution in [0.2, 0.25) is 0 Å². The highest BCUT2D eigenvalue weighted by atomic mass is 19.4. The molecule has 174 valence electrons. The normalized spacial score (nSPS) is 26.1. The predicted octanol–water partition coefficient (Wildman–Crippen LogP) is 3.74. The second kappa shape index (κ2) is 8.29. The van der Waals surface area contributed by atoms with Crippen LogP contribution in [0.3, 0.4) is 0 Å². The summed E-state index contributed by atoms with van der Waals surface area (Å²) in [6, 6.07) is 2.62. The number of carbonyl (C=O) groups excluding carboxylic acids is 3. The average molecular weight is 452 g/mol. The Hall–Kier alpha value is -2.78. The van der Waals surface area contributed by atoms with E-state index >= 15 is 0 Å². The van der Waals surface area contributed by atoms with Gasteiger partial charge in [-0.15, -0.1) is 0 Å². The quantitative estimate of drug-likeness (QED) is 0.682. The molecule has 10 heteroatoms. The molecule has 4 rings (SSSR count). The molecule has 1 spiro atoms. The van der Waals surface area contributed by atoms with Crippen molar-refractivity contribution in [2.45, 2.75) is 57.2 Å². The average Bonchev–Trinajstić information content (AvgIpc) is 3.33. The third-order valence-electron chi connectivity index (χ3n) is 6.85. The number of nitrogens with zero attached hydrogens (tertiary/aromatic N) is 2. The second-order valence-corrected chi connectivity index (χ2v) is 8.91. The molecule has 2 heterocycles. The molecular weight excluding hydrogens is 425 g/mol. The summed E-state index contributed by atoms with van der Waals surface area (Å²) in [6.45, 7) is 2.73. The fourth-order valence-corrected chi connectivity index (χ4v) is 5.02. The summed E-state index contributed by atoms with van der Waals surface area (Å²) < 4.78 is 39.8. The monoisotopic (exact) mass is 452 g/mol. The van der Waals surface area contributed by atoms with Crippen LogP contribution in [0.1, 0.15) is 51.0 Å². The van der Waals surface area contributed by atoms with Gasteiger partial charge < -0.3 is 15.5 Å². The van der Waals surface area contributed by atoms with Gasteiger partial charge in [0.2, 0.25) is 5.91 Å². The minimum absolute atomic E-state index is 0.0273. The predicted molar refractivity (Wildman–Crippen MR) is 112 cm³/mol. The number of nitrogens with one attached hydrogen (secondary N) is 2. The van der Waals surface area contributed by atoms with Crippen molar-refractivity contribution in [1.29, 1.82) is 0 Å². The molecule has 1 saturated carbocycles. The van der Waals surface area contributed by atoms with Crippen molar-refractivity contribution >= 4 is 29.2 Å². The van der Waals surface area contributed by atoms with E-state index < -0.39 is 41.7 Å². The fourth-order valence-electron chi connectivity index (χ4n) is 5.02. The maximum Gasteiger partial charge on any atom is 0.416 e. The number of carbonyl (C=O) groups is 3. The molecule has 32 heavy (non-hydrogen) atoms. The Bertz CT molecular complexity index is 929. The molecule has 1 aromatic rings. The van der Waals surface area contributed by atoms with Crippen molar-refractivity contribution in [2.75, 3.05) is 29.9 Å². The molecule has 7 nitrogen and oxygen atoms in total. The number of urea groups is 1. The largest absolute Gasteiger partial charge is 0.416 e. The van der Waals surface area contributed by atoms with Gasteiger partial charge in [-0.2, -0.15) is 13.2 Å². The van der Waals surface area contributed by atoms with Crippen LogP contribution < -0.4 is 15.5 Å². The number of hydrogen-bond donors (Lipinski definition) is 2. The van der Waals surface area contributed by atoms with Crippen LogP contribution in [-0.4, -0.2) is 47.9 Å². The summed E-state index contributed by atoms with van der Waals surface area (Å²) in [4.78, 5) is 41.1. The van der Waals surface area contributed by atoms with E-state index in [1.54, 1.807) is 0 Å². The Morgan fingerprint density at radius 1 is 1.19 bits per heavy atom. The zero-order valence-electron chi connectivity index (χ0n) is 17.9. The molecular formula is C22H27F3N4O3. The van der Waals surface area contributed by atoms with E-state index in [0.29, 0.717) is 25.2 Å². The lowest BCUT2D eigenvalue weighted by Crippen LogP contribution is -2.54. The zero-order chi connectivity index (χ0) is 23.1. The molecule has 0 aromatic heterocycles. The molecule has 1 aromatic carbocycles. The van der Waals surface area contributed by atoms with Crippen molar-refractivity contribution in [3.05, 3.63) is 23.8 Å². The Morgan fingerprint density at radius 3 is 2.56 bits per heavy atom. The Morgan fingerprint density at radius 2 is 1.91 bits per heavy atom. The van der Waals surface area contributed by atoms with Crippen LogP contribution in [0.25, 0.3) is 0 Å². The first-order valence-electron chi connectivity index (χ1n) is 11.0. The van der Waals surface area contributed by atoms with Gasteiger partial charge in [0.25, 0.3) is 5.91 Å². The van der Waals surface area contributed by atoms with E-state index in [4.69, 9.17) is 0 Å². The van der Waals surface area contributed by atoms with Crippen molar-refractivity contribution in [2.24, 2.45) is 5.92 Å². The van der Waals surface area contributed by atoms with E-state index in [0.717, 1.165) is 49.1 Å². The van der Waals surface area contributed by atoms with E-state index in [-0.39, 0.29) is 11.6 Å². The smallest absolute Gasteiger partial charge is 0.370 e. The van der Waals surface area contributed by atoms with Crippen molar-refractivity contribution in [3.8, 4) is 0 Å². The van der Waals surface area contributed by atoms with E-state index in [1.807, 2.05) is 11.8 Å². The molecule has 4 amide bonds. The van der Waals surface area contributed by atoms with Gasteiger partial charge in [-0.25, -0.2) is 4.79 Å². The van der Waals surface area contributed by atoms with Gasteiger partial charge in [-0.1, -0.05) is 19.8 Å². The molecule has 3 aliphatic rings. The Labute approximate surface area is 184 Å². The number of alkyl halides is 3. The van der Waals surface area contributed by atoms with Gasteiger partial charge in [0.1, 0.15) is 12.1 Å². The van der Waals surface area contributed by atoms with Gasteiger partial charge in [0.15, 0.2) is 0 Å². The van der Waals surface area contributed by atoms with Crippen LogP contribution in [-0.2, 0) is 15.8 Å². The summed E-state index contributed by atoms with van der Waals surface area (Å²) in [6.07, 6.45) is 0.367. The minimum Gasteiger partial charge on any atom is -0.370 e. The second-order valence-electron chi connectivity index (χ2n) is 8.91. The highest BCUT2D eigenvalue weighted by Crippen LogP contribution is 2.39. The van der Waals surface area contributed by atoms with Crippen LogP contribution >= 0.6 is 0 Å². The van der Waals surface area contributed by atoms with Gasteiger partial charge in [0, 0.05) is 13.1 Å². The molecule has 2 atom stereocenters. The summed E-state index contributed by atoms with van der Waals surface area (Å²) in [7, 11) is 0. The molecule has 2 saturated heterocycles. The van der Waals surface area contributed by atoms with Gasteiger partial charge >= 0.3 is 12.2 Å². The van der Waals surface area contributed by atoms with E-state index in [1.165, 1.54) is 6.07 Å². The molecule has 1 aliphatic carbocycles. The number of anilines is 2. The number of hydrogen-bond acceptors (Lipinski definition) is 4. The van der Waals surface area contributed by atoms with Gasteiger partial charge in [-0.05, 0) is 49.8 Å². The first-order valence-corrected chi connectivity index (χ1v) is 11.0. The van der Waals surface area contributed by atoms with Crippen LogP contribution in [0.5, 0.6) is 0 Å².